The standard InChI is InChI=1S/C43H84NO6P/c1-3-5-7-9-11-13-15-17-19-20-21-22-23-24-25-27-29-31-33-35-37-39-43(46)44-41(40-50-51(47,48)49)42(45)38-36-34-32-30-28-26-18-16-14-12-10-8-6-4-2/h17,19,36,38,41-42,45H,3-16,18,20-35,37,39-40H2,1-2H3,(H,44,46)(H2,47,48,49)/b19-17-,38-36+/t41-,42+/m0/s1. The summed E-state index contributed by atoms with van der Waals surface area (Å²) in [6.07, 6.45) is 47.7. The van der Waals surface area contributed by atoms with Crippen LogP contribution >= 0.6 is 7.82 Å². The monoisotopic (exact) mass is 742 g/mol. The lowest BCUT2D eigenvalue weighted by Gasteiger charge is -2.22. The molecule has 51 heavy (non-hydrogen) atoms. The lowest BCUT2D eigenvalue weighted by molar-refractivity contribution is -0.123. The molecule has 0 bridgehead atoms. The summed E-state index contributed by atoms with van der Waals surface area (Å²) in [5.41, 5.74) is 0. The summed E-state index contributed by atoms with van der Waals surface area (Å²) in [5, 5.41) is 13.4. The quantitative estimate of drug-likeness (QED) is 0.0282. The number of aliphatic hydroxyl groups excluding tert-OH is 1. The van der Waals surface area contributed by atoms with Crippen LogP contribution in [0.4, 0.5) is 0 Å². The molecule has 1 amide bonds. The predicted octanol–water partition coefficient (Wildman–Crippen LogP) is 13.0. The Morgan fingerprint density at radius 3 is 1.25 bits per heavy atom. The fourth-order valence-electron chi connectivity index (χ4n) is 6.57. The molecule has 0 aromatic carbocycles. The van der Waals surface area contributed by atoms with Gasteiger partial charge in [0.1, 0.15) is 0 Å². The number of nitrogens with one attached hydrogen (secondary N) is 1. The van der Waals surface area contributed by atoms with Crippen molar-refractivity contribution in [3.8, 4) is 0 Å². The van der Waals surface area contributed by atoms with Crippen molar-refractivity contribution in [2.45, 2.75) is 238 Å². The maximum absolute atomic E-state index is 12.6. The number of phosphoric acid groups is 1. The average Bonchev–Trinajstić information content (AvgIpc) is 3.10. The number of carbonyl (C=O) groups excluding carboxylic acids is 1. The third-order valence-electron chi connectivity index (χ3n) is 9.90. The first-order chi connectivity index (χ1) is 24.8. The number of aliphatic hydroxyl groups is 1. The summed E-state index contributed by atoms with van der Waals surface area (Å²) < 4.78 is 15.9. The molecule has 0 heterocycles. The highest BCUT2D eigenvalue weighted by Crippen LogP contribution is 2.35. The van der Waals surface area contributed by atoms with Crippen LogP contribution in [0.3, 0.4) is 0 Å². The summed E-state index contributed by atoms with van der Waals surface area (Å²) in [6.45, 7) is 4.07. The Labute approximate surface area is 315 Å². The van der Waals surface area contributed by atoms with E-state index in [0.717, 1.165) is 38.5 Å². The average molecular weight is 742 g/mol. The topological polar surface area (TPSA) is 116 Å². The number of amides is 1. The van der Waals surface area contributed by atoms with Gasteiger partial charge in [0.15, 0.2) is 0 Å². The maximum atomic E-state index is 12.6. The third-order valence-corrected chi connectivity index (χ3v) is 10.4. The van der Waals surface area contributed by atoms with Gasteiger partial charge in [-0.25, -0.2) is 4.57 Å². The Kier molecular flexibility index (Phi) is 38.0. The van der Waals surface area contributed by atoms with Crippen molar-refractivity contribution >= 4 is 13.7 Å². The Balaban J connectivity index is 3.90. The van der Waals surface area contributed by atoms with Gasteiger partial charge in [-0.2, -0.15) is 0 Å². The van der Waals surface area contributed by atoms with Crippen molar-refractivity contribution < 1.29 is 28.8 Å². The second-order valence-corrected chi connectivity index (χ2v) is 16.3. The van der Waals surface area contributed by atoms with E-state index in [4.69, 9.17) is 9.79 Å². The number of allylic oxidation sites excluding steroid dienone is 3. The zero-order valence-electron chi connectivity index (χ0n) is 33.5. The Morgan fingerprint density at radius 2 is 0.882 bits per heavy atom. The zero-order chi connectivity index (χ0) is 37.5. The van der Waals surface area contributed by atoms with Gasteiger partial charge in [0.2, 0.25) is 5.91 Å². The van der Waals surface area contributed by atoms with E-state index in [-0.39, 0.29) is 5.91 Å². The molecule has 0 aliphatic rings. The molecule has 0 fully saturated rings. The van der Waals surface area contributed by atoms with Crippen LogP contribution < -0.4 is 5.32 Å². The van der Waals surface area contributed by atoms with Crippen LogP contribution in [0.5, 0.6) is 0 Å². The SMILES string of the molecule is CCCCCCCC/C=C\CCCCCCCCCCCCCC(=O)N[C@@H](COP(=O)(O)O)[C@H](O)/C=C/CCCCCCCCCCCCCC. The van der Waals surface area contributed by atoms with Gasteiger partial charge < -0.3 is 20.2 Å². The first kappa shape index (κ1) is 50.0. The van der Waals surface area contributed by atoms with Crippen LogP contribution in [0.2, 0.25) is 0 Å². The number of carbonyl (C=O) groups is 1. The minimum Gasteiger partial charge on any atom is -0.387 e. The molecule has 0 aliphatic carbocycles. The van der Waals surface area contributed by atoms with Crippen molar-refractivity contribution in [1.29, 1.82) is 0 Å². The van der Waals surface area contributed by atoms with E-state index in [1.54, 1.807) is 6.08 Å². The molecule has 0 unspecified atom stereocenters. The van der Waals surface area contributed by atoms with Gasteiger partial charge in [0.25, 0.3) is 0 Å². The molecule has 0 aliphatic heterocycles. The lowest BCUT2D eigenvalue weighted by Crippen LogP contribution is -2.45. The van der Waals surface area contributed by atoms with Crippen molar-refractivity contribution in [3.63, 3.8) is 0 Å². The van der Waals surface area contributed by atoms with Gasteiger partial charge in [-0.05, 0) is 44.9 Å². The number of phosphoric ester groups is 1. The van der Waals surface area contributed by atoms with E-state index in [0.29, 0.717) is 6.42 Å². The van der Waals surface area contributed by atoms with E-state index in [2.05, 4.69) is 35.8 Å². The normalized spacial score (nSPS) is 13.4. The third kappa shape index (κ3) is 40.0. The highest BCUT2D eigenvalue weighted by molar-refractivity contribution is 7.46. The molecule has 8 heteroatoms. The van der Waals surface area contributed by atoms with Crippen molar-refractivity contribution in [2.24, 2.45) is 0 Å². The van der Waals surface area contributed by atoms with E-state index in [1.165, 1.54) is 167 Å². The van der Waals surface area contributed by atoms with Gasteiger partial charge in [0.05, 0.1) is 18.8 Å². The van der Waals surface area contributed by atoms with Crippen LogP contribution in [0, 0.1) is 0 Å². The highest BCUT2D eigenvalue weighted by atomic mass is 31.2. The van der Waals surface area contributed by atoms with E-state index < -0.39 is 26.6 Å². The summed E-state index contributed by atoms with van der Waals surface area (Å²) >= 11 is 0. The van der Waals surface area contributed by atoms with Crippen molar-refractivity contribution in [3.05, 3.63) is 24.3 Å². The molecule has 2 atom stereocenters. The molecule has 0 aromatic heterocycles. The molecular formula is C43H84NO6P. The Hall–Kier alpha value is -0.980. The largest absolute Gasteiger partial charge is 0.469 e. The molecule has 0 spiro atoms. The van der Waals surface area contributed by atoms with E-state index in [9.17, 15) is 14.5 Å². The van der Waals surface area contributed by atoms with E-state index >= 15 is 0 Å². The maximum Gasteiger partial charge on any atom is 0.469 e. The number of rotatable bonds is 40. The van der Waals surface area contributed by atoms with Crippen LogP contribution in [0.1, 0.15) is 226 Å². The van der Waals surface area contributed by atoms with Crippen LogP contribution in [-0.2, 0) is 13.9 Å². The summed E-state index contributed by atoms with van der Waals surface area (Å²) in [4.78, 5) is 30.9. The molecular weight excluding hydrogens is 657 g/mol. The molecule has 0 saturated carbocycles. The van der Waals surface area contributed by atoms with Gasteiger partial charge in [0, 0.05) is 6.42 Å². The van der Waals surface area contributed by atoms with E-state index in [1.807, 2.05) is 6.08 Å². The van der Waals surface area contributed by atoms with Gasteiger partial charge in [-0.3, -0.25) is 9.32 Å². The first-order valence-corrected chi connectivity index (χ1v) is 23.3. The Morgan fingerprint density at radius 1 is 0.549 bits per heavy atom. The van der Waals surface area contributed by atoms with Crippen molar-refractivity contribution in [1.82, 2.24) is 5.32 Å². The van der Waals surface area contributed by atoms with Crippen LogP contribution in [0.25, 0.3) is 0 Å². The molecule has 7 nitrogen and oxygen atoms in total. The minimum atomic E-state index is -4.71. The summed E-state index contributed by atoms with van der Waals surface area (Å²) in [5.74, 6) is -0.226. The second kappa shape index (κ2) is 38.7. The molecule has 0 saturated heterocycles. The fourth-order valence-corrected chi connectivity index (χ4v) is 6.93. The molecule has 0 aromatic rings. The second-order valence-electron chi connectivity index (χ2n) is 15.0. The van der Waals surface area contributed by atoms with Crippen LogP contribution in [0.15, 0.2) is 24.3 Å². The smallest absolute Gasteiger partial charge is 0.387 e. The molecule has 0 rings (SSSR count). The summed E-state index contributed by atoms with van der Waals surface area (Å²) in [7, 11) is -4.71. The van der Waals surface area contributed by atoms with Gasteiger partial charge in [-0.15, -0.1) is 0 Å². The highest BCUT2D eigenvalue weighted by Gasteiger charge is 2.24. The molecule has 4 N–H and O–H groups in total. The number of hydrogen-bond donors (Lipinski definition) is 4. The predicted molar refractivity (Wildman–Crippen MR) is 218 cm³/mol. The fraction of sp³-hybridized carbons (Fsp3) is 0.884. The molecule has 302 valence electrons. The van der Waals surface area contributed by atoms with Crippen molar-refractivity contribution in [2.75, 3.05) is 6.61 Å². The molecule has 0 radical (unpaired) electrons. The zero-order valence-corrected chi connectivity index (χ0v) is 34.4. The first-order valence-electron chi connectivity index (χ1n) is 21.8. The van der Waals surface area contributed by atoms with Gasteiger partial charge >= 0.3 is 7.82 Å². The number of unbranched alkanes of at least 4 members (excludes halogenated alkanes) is 29. The van der Waals surface area contributed by atoms with Gasteiger partial charge in [-0.1, -0.05) is 199 Å². The number of hydrogen-bond acceptors (Lipinski definition) is 4. The lowest BCUT2D eigenvalue weighted by atomic mass is 10.0. The Bertz CT molecular complexity index is 844. The minimum absolute atomic E-state index is 0.226. The summed E-state index contributed by atoms with van der Waals surface area (Å²) in [6, 6.07) is -0.908. The van der Waals surface area contributed by atoms with Crippen LogP contribution in [-0.4, -0.2) is 39.6 Å².